The predicted octanol–water partition coefficient (Wildman–Crippen LogP) is 2.06. The summed E-state index contributed by atoms with van der Waals surface area (Å²) in [6.45, 7) is 10.00. The molecule has 0 bridgehead atoms. The molecule has 138 valence electrons. The Labute approximate surface area is 155 Å². The summed E-state index contributed by atoms with van der Waals surface area (Å²) in [6.07, 6.45) is 7.32. The zero-order valence-corrected chi connectivity index (χ0v) is 15.7. The van der Waals surface area contributed by atoms with E-state index in [9.17, 15) is 0 Å². The summed E-state index contributed by atoms with van der Waals surface area (Å²) in [7, 11) is 0. The molecule has 26 heavy (non-hydrogen) atoms. The second-order valence-electron chi connectivity index (χ2n) is 7.08. The number of rotatable bonds is 4. The monoisotopic (exact) mass is 353 g/mol. The molecule has 2 fully saturated rings. The van der Waals surface area contributed by atoms with Crippen molar-refractivity contribution < 1.29 is 0 Å². The van der Waals surface area contributed by atoms with Crippen LogP contribution in [0, 0.1) is 6.92 Å². The lowest BCUT2D eigenvalue weighted by Gasteiger charge is -2.35. The van der Waals surface area contributed by atoms with Crippen molar-refractivity contribution in [1.29, 1.82) is 0 Å². The van der Waals surface area contributed by atoms with Crippen molar-refractivity contribution in [2.75, 3.05) is 54.0 Å². The summed E-state index contributed by atoms with van der Waals surface area (Å²) in [5, 5.41) is 0. The van der Waals surface area contributed by atoms with E-state index in [1.807, 2.05) is 12.4 Å². The lowest BCUT2D eigenvalue weighted by molar-refractivity contribution is 0.632. The van der Waals surface area contributed by atoms with Crippen LogP contribution in [0.25, 0.3) is 0 Å². The van der Waals surface area contributed by atoms with Gasteiger partial charge in [-0.05, 0) is 31.7 Å². The summed E-state index contributed by atoms with van der Waals surface area (Å²) in [5.74, 6) is 2.76. The second kappa shape index (κ2) is 7.43. The first-order valence-electron chi connectivity index (χ1n) is 9.64. The molecule has 0 aliphatic carbocycles. The van der Waals surface area contributed by atoms with Gasteiger partial charge in [0.1, 0.15) is 5.82 Å². The third kappa shape index (κ3) is 3.57. The molecule has 0 amide bonds. The third-order valence-electron chi connectivity index (χ3n) is 5.20. The van der Waals surface area contributed by atoms with Crippen LogP contribution >= 0.6 is 0 Å². The highest BCUT2D eigenvalue weighted by atomic mass is 15.3. The van der Waals surface area contributed by atoms with Gasteiger partial charge in [-0.1, -0.05) is 6.92 Å². The van der Waals surface area contributed by atoms with Gasteiger partial charge < -0.3 is 14.7 Å². The molecule has 0 N–H and O–H groups in total. The van der Waals surface area contributed by atoms with E-state index >= 15 is 0 Å². The smallest absolute Gasteiger partial charge is 0.227 e. The Morgan fingerprint density at radius 1 is 0.808 bits per heavy atom. The van der Waals surface area contributed by atoms with Crippen molar-refractivity contribution >= 4 is 17.7 Å². The van der Waals surface area contributed by atoms with Gasteiger partial charge in [-0.25, -0.2) is 15.0 Å². The quantitative estimate of drug-likeness (QED) is 0.834. The molecular weight excluding hydrogens is 326 g/mol. The minimum Gasteiger partial charge on any atom is -0.353 e. The Kier molecular flexibility index (Phi) is 4.86. The van der Waals surface area contributed by atoms with Gasteiger partial charge in [0.05, 0.1) is 0 Å². The molecule has 2 aromatic heterocycles. The molecule has 0 radical (unpaired) electrons. The molecule has 7 nitrogen and oxygen atoms in total. The maximum Gasteiger partial charge on any atom is 0.227 e. The minimum atomic E-state index is 0.832. The Morgan fingerprint density at radius 2 is 1.42 bits per heavy atom. The molecule has 0 spiro atoms. The van der Waals surface area contributed by atoms with E-state index in [0.29, 0.717) is 0 Å². The maximum atomic E-state index is 4.85. The highest BCUT2D eigenvalue weighted by Crippen LogP contribution is 2.22. The van der Waals surface area contributed by atoms with Crippen molar-refractivity contribution in [1.82, 2.24) is 19.9 Å². The van der Waals surface area contributed by atoms with E-state index in [0.717, 1.165) is 69.1 Å². The SMILES string of the molecule is CCc1cnc(N2CCN(c3cc(C)nc(N4CCCC4)n3)CC2)nc1. The number of nitrogens with zero attached hydrogens (tertiary/aromatic N) is 7. The van der Waals surface area contributed by atoms with Crippen LogP contribution in [-0.2, 0) is 6.42 Å². The second-order valence-corrected chi connectivity index (χ2v) is 7.08. The van der Waals surface area contributed by atoms with Gasteiger partial charge in [-0.2, -0.15) is 4.98 Å². The zero-order valence-electron chi connectivity index (χ0n) is 15.7. The summed E-state index contributed by atoms with van der Waals surface area (Å²) < 4.78 is 0. The van der Waals surface area contributed by atoms with E-state index in [-0.39, 0.29) is 0 Å². The minimum absolute atomic E-state index is 0.832. The van der Waals surface area contributed by atoms with Crippen molar-refractivity contribution in [2.24, 2.45) is 0 Å². The molecule has 4 heterocycles. The number of piperazine rings is 1. The fraction of sp³-hybridized carbons (Fsp3) is 0.579. The number of hydrogen-bond acceptors (Lipinski definition) is 7. The Morgan fingerprint density at radius 3 is 2.08 bits per heavy atom. The topological polar surface area (TPSA) is 61.3 Å². The largest absolute Gasteiger partial charge is 0.353 e. The molecule has 2 aromatic rings. The fourth-order valence-corrected chi connectivity index (χ4v) is 3.59. The molecule has 2 saturated heterocycles. The Bertz CT molecular complexity index is 732. The van der Waals surface area contributed by atoms with Gasteiger partial charge >= 0.3 is 0 Å². The third-order valence-corrected chi connectivity index (χ3v) is 5.20. The van der Waals surface area contributed by atoms with E-state index in [1.54, 1.807) is 0 Å². The normalized spacial score (nSPS) is 17.8. The maximum absolute atomic E-state index is 4.85. The number of anilines is 3. The zero-order chi connectivity index (χ0) is 17.9. The average Bonchev–Trinajstić information content (AvgIpc) is 3.23. The molecule has 0 saturated carbocycles. The Balaban J connectivity index is 1.44. The first-order chi connectivity index (χ1) is 12.7. The van der Waals surface area contributed by atoms with Gasteiger partial charge in [0, 0.05) is 63.4 Å². The Hall–Kier alpha value is -2.44. The summed E-state index contributed by atoms with van der Waals surface area (Å²) >= 11 is 0. The van der Waals surface area contributed by atoms with Crippen molar-refractivity contribution in [3.63, 3.8) is 0 Å². The molecule has 0 aromatic carbocycles. The van der Waals surface area contributed by atoms with Gasteiger partial charge in [0.2, 0.25) is 11.9 Å². The van der Waals surface area contributed by atoms with Crippen LogP contribution in [0.4, 0.5) is 17.7 Å². The molecule has 2 aliphatic heterocycles. The number of hydrogen-bond donors (Lipinski definition) is 0. The van der Waals surface area contributed by atoms with Gasteiger partial charge in [-0.15, -0.1) is 0 Å². The van der Waals surface area contributed by atoms with Crippen LogP contribution in [0.1, 0.15) is 31.0 Å². The molecule has 4 rings (SSSR count). The lowest BCUT2D eigenvalue weighted by Crippen LogP contribution is -2.47. The van der Waals surface area contributed by atoms with Crippen LogP contribution in [-0.4, -0.2) is 59.2 Å². The van der Waals surface area contributed by atoms with E-state index in [2.05, 4.69) is 49.6 Å². The standard InChI is InChI=1S/C19H27N7/c1-3-16-13-20-18(21-14-16)26-10-8-24(9-11-26)17-12-15(2)22-19(23-17)25-6-4-5-7-25/h12-14H,3-11H2,1-2H3. The van der Waals surface area contributed by atoms with Crippen molar-refractivity contribution in [3.05, 3.63) is 29.7 Å². The van der Waals surface area contributed by atoms with Crippen LogP contribution in [0.3, 0.4) is 0 Å². The first-order valence-corrected chi connectivity index (χ1v) is 9.64. The van der Waals surface area contributed by atoms with Crippen LogP contribution in [0.15, 0.2) is 18.5 Å². The molecule has 2 aliphatic rings. The van der Waals surface area contributed by atoms with Crippen molar-refractivity contribution in [2.45, 2.75) is 33.1 Å². The van der Waals surface area contributed by atoms with E-state index < -0.39 is 0 Å². The highest BCUT2D eigenvalue weighted by Gasteiger charge is 2.22. The predicted molar refractivity (Wildman–Crippen MR) is 104 cm³/mol. The van der Waals surface area contributed by atoms with Crippen LogP contribution < -0.4 is 14.7 Å². The summed E-state index contributed by atoms with van der Waals surface area (Å²) in [4.78, 5) is 25.4. The van der Waals surface area contributed by atoms with E-state index in [4.69, 9.17) is 4.98 Å². The number of aryl methyl sites for hydroxylation is 2. The summed E-state index contributed by atoms with van der Waals surface area (Å²) in [5.41, 5.74) is 2.22. The molecule has 0 atom stereocenters. The van der Waals surface area contributed by atoms with E-state index in [1.165, 1.54) is 18.4 Å². The van der Waals surface area contributed by atoms with Crippen LogP contribution in [0.5, 0.6) is 0 Å². The van der Waals surface area contributed by atoms with Crippen LogP contribution in [0.2, 0.25) is 0 Å². The van der Waals surface area contributed by atoms with Crippen molar-refractivity contribution in [3.8, 4) is 0 Å². The van der Waals surface area contributed by atoms with Gasteiger partial charge in [0.25, 0.3) is 0 Å². The fourth-order valence-electron chi connectivity index (χ4n) is 3.59. The highest BCUT2D eigenvalue weighted by molar-refractivity contribution is 5.48. The molecular formula is C19H27N7. The average molecular weight is 353 g/mol. The molecule has 0 unspecified atom stereocenters. The first kappa shape index (κ1) is 17.0. The number of aromatic nitrogens is 4. The lowest BCUT2D eigenvalue weighted by atomic mass is 10.3. The van der Waals surface area contributed by atoms with Gasteiger partial charge in [0.15, 0.2) is 0 Å². The van der Waals surface area contributed by atoms with Gasteiger partial charge in [-0.3, -0.25) is 0 Å². The summed E-state index contributed by atoms with van der Waals surface area (Å²) in [6, 6.07) is 2.10. The molecule has 7 heteroatoms.